The average molecular weight is 348 g/mol. The third-order valence-electron chi connectivity index (χ3n) is 3.80. The summed E-state index contributed by atoms with van der Waals surface area (Å²) in [7, 11) is 0. The number of rotatable bonds is 3. The molecule has 0 saturated heterocycles. The van der Waals surface area contributed by atoms with Crippen LogP contribution in [0.1, 0.15) is 12.5 Å². The van der Waals surface area contributed by atoms with E-state index in [9.17, 15) is 18.0 Å². The molecule has 0 N–H and O–H groups in total. The van der Waals surface area contributed by atoms with Crippen LogP contribution in [0.25, 0.3) is 22.6 Å². The van der Waals surface area contributed by atoms with Crippen LogP contribution < -0.4 is 4.90 Å². The summed E-state index contributed by atoms with van der Waals surface area (Å²) >= 11 is 0. The van der Waals surface area contributed by atoms with Crippen molar-refractivity contribution in [2.24, 2.45) is 0 Å². The predicted octanol–water partition coefficient (Wildman–Crippen LogP) is 4.72. The maximum Gasteiger partial charge on any atom is 0.471 e. The fourth-order valence-electron chi connectivity index (χ4n) is 2.64. The molecular weight excluding hydrogens is 333 g/mol. The molecule has 1 aromatic heterocycles. The summed E-state index contributed by atoms with van der Waals surface area (Å²) in [6.07, 6.45) is -4.93. The van der Waals surface area contributed by atoms with Crippen LogP contribution in [-0.4, -0.2) is 23.6 Å². The van der Waals surface area contributed by atoms with Crippen molar-refractivity contribution in [3.8, 4) is 11.5 Å². The van der Waals surface area contributed by atoms with Gasteiger partial charge in [-0.1, -0.05) is 18.2 Å². The van der Waals surface area contributed by atoms with Crippen LogP contribution in [0.4, 0.5) is 18.9 Å². The number of oxazole rings is 1. The van der Waals surface area contributed by atoms with Crippen LogP contribution in [0, 0.1) is 6.92 Å². The van der Waals surface area contributed by atoms with Gasteiger partial charge in [0.05, 0.1) is 0 Å². The number of hydrogen-bond donors (Lipinski definition) is 0. The number of fused-ring (bicyclic) bond motifs is 1. The van der Waals surface area contributed by atoms with Gasteiger partial charge in [0, 0.05) is 17.8 Å². The molecule has 0 unspecified atom stereocenters. The van der Waals surface area contributed by atoms with Crippen LogP contribution in [0.3, 0.4) is 0 Å². The first-order chi connectivity index (χ1) is 11.8. The molecule has 0 radical (unpaired) electrons. The Labute approximate surface area is 141 Å². The van der Waals surface area contributed by atoms with Gasteiger partial charge in [-0.05, 0) is 43.7 Å². The second kappa shape index (κ2) is 6.23. The van der Waals surface area contributed by atoms with Gasteiger partial charge in [-0.3, -0.25) is 4.79 Å². The molecule has 0 bridgehead atoms. The largest absolute Gasteiger partial charge is 0.471 e. The standard InChI is InChI=1S/C18H15F3N2O2/c1-3-23(17(24)18(19,20)21)13-9-11(2)15-14(10-13)22-16(25-15)12-7-5-4-6-8-12/h4-10H,3H2,1-2H3. The monoisotopic (exact) mass is 348 g/mol. The van der Waals surface area contributed by atoms with Crippen molar-refractivity contribution in [1.82, 2.24) is 4.98 Å². The van der Waals surface area contributed by atoms with Gasteiger partial charge in [0.15, 0.2) is 5.58 Å². The van der Waals surface area contributed by atoms with Crippen LogP contribution in [-0.2, 0) is 4.79 Å². The molecule has 1 heterocycles. The molecule has 0 fully saturated rings. The molecule has 0 atom stereocenters. The molecule has 0 aliphatic heterocycles. The zero-order valence-corrected chi connectivity index (χ0v) is 13.6. The number of carbonyl (C=O) groups is 1. The highest BCUT2D eigenvalue weighted by Crippen LogP contribution is 2.31. The Kier molecular flexibility index (Phi) is 4.24. The van der Waals surface area contributed by atoms with E-state index in [1.807, 2.05) is 30.3 Å². The van der Waals surface area contributed by atoms with E-state index >= 15 is 0 Å². The van der Waals surface area contributed by atoms with Gasteiger partial charge in [-0.2, -0.15) is 13.2 Å². The molecular formula is C18H15F3N2O2. The van der Waals surface area contributed by atoms with Crippen LogP contribution in [0.2, 0.25) is 0 Å². The number of hydrogen-bond acceptors (Lipinski definition) is 3. The minimum Gasteiger partial charge on any atom is -0.436 e. The van der Waals surface area contributed by atoms with E-state index < -0.39 is 12.1 Å². The zero-order chi connectivity index (χ0) is 18.2. The highest BCUT2D eigenvalue weighted by Gasteiger charge is 2.42. The Balaban J connectivity index is 2.08. The normalized spacial score (nSPS) is 11.7. The van der Waals surface area contributed by atoms with Gasteiger partial charge >= 0.3 is 12.1 Å². The molecule has 25 heavy (non-hydrogen) atoms. The number of alkyl halides is 3. The highest BCUT2D eigenvalue weighted by atomic mass is 19.4. The first-order valence-electron chi connectivity index (χ1n) is 7.66. The number of nitrogens with zero attached hydrogens (tertiary/aromatic N) is 2. The molecule has 0 spiro atoms. The summed E-state index contributed by atoms with van der Waals surface area (Å²) in [5.41, 5.74) is 2.40. The van der Waals surface area contributed by atoms with E-state index in [-0.39, 0.29) is 12.2 Å². The fraction of sp³-hybridized carbons (Fsp3) is 0.222. The maximum absolute atomic E-state index is 12.8. The average Bonchev–Trinajstić information content (AvgIpc) is 3.00. The lowest BCUT2D eigenvalue weighted by atomic mass is 10.1. The SMILES string of the molecule is CCN(C(=O)C(F)(F)F)c1cc(C)c2oc(-c3ccccc3)nc2c1. The number of benzene rings is 2. The number of aromatic nitrogens is 1. The molecule has 0 aliphatic rings. The second-order valence-corrected chi connectivity index (χ2v) is 5.54. The Morgan fingerprint density at radius 2 is 1.88 bits per heavy atom. The summed E-state index contributed by atoms with van der Waals surface area (Å²) in [6.45, 7) is 3.09. The zero-order valence-electron chi connectivity index (χ0n) is 13.6. The minimum atomic E-state index is -4.93. The van der Waals surface area contributed by atoms with Crippen molar-refractivity contribution in [2.45, 2.75) is 20.0 Å². The predicted molar refractivity (Wildman–Crippen MR) is 88.3 cm³/mol. The summed E-state index contributed by atoms with van der Waals surface area (Å²) in [4.78, 5) is 16.7. The lowest BCUT2D eigenvalue weighted by Crippen LogP contribution is -2.41. The molecule has 2 aromatic carbocycles. The summed E-state index contributed by atoms with van der Waals surface area (Å²) in [5.74, 6) is -1.53. The molecule has 3 aromatic rings. The lowest BCUT2D eigenvalue weighted by Gasteiger charge is -2.22. The first-order valence-corrected chi connectivity index (χ1v) is 7.66. The minimum absolute atomic E-state index is 0.104. The highest BCUT2D eigenvalue weighted by molar-refractivity contribution is 5.99. The number of carbonyl (C=O) groups excluding carboxylic acids is 1. The quantitative estimate of drug-likeness (QED) is 0.688. The van der Waals surface area contributed by atoms with Crippen LogP contribution in [0.5, 0.6) is 0 Å². The van der Waals surface area contributed by atoms with Crippen molar-refractivity contribution in [3.63, 3.8) is 0 Å². The Morgan fingerprint density at radius 3 is 2.48 bits per heavy atom. The van der Waals surface area contributed by atoms with Crippen molar-refractivity contribution >= 4 is 22.7 Å². The number of aryl methyl sites for hydroxylation is 1. The van der Waals surface area contributed by atoms with Crippen molar-refractivity contribution < 1.29 is 22.4 Å². The van der Waals surface area contributed by atoms with Crippen molar-refractivity contribution in [3.05, 3.63) is 48.0 Å². The van der Waals surface area contributed by atoms with E-state index in [2.05, 4.69) is 4.98 Å². The molecule has 3 rings (SSSR count). The molecule has 1 amide bonds. The van der Waals surface area contributed by atoms with Crippen LogP contribution >= 0.6 is 0 Å². The van der Waals surface area contributed by atoms with Crippen molar-refractivity contribution in [1.29, 1.82) is 0 Å². The van der Waals surface area contributed by atoms with Gasteiger partial charge in [0.25, 0.3) is 0 Å². The number of amides is 1. The van der Waals surface area contributed by atoms with Gasteiger partial charge in [-0.25, -0.2) is 4.98 Å². The Morgan fingerprint density at radius 1 is 1.20 bits per heavy atom. The van der Waals surface area contributed by atoms with E-state index in [0.29, 0.717) is 27.5 Å². The van der Waals surface area contributed by atoms with Gasteiger partial charge in [0.1, 0.15) is 5.52 Å². The molecule has 0 aliphatic carbocycles. The Hall–Kier alpha value is -2.83. The molecule has 7 heteroatoms. The van der Waals surface area contributed by atoms with Gasteiger partial charge in [-0.15, -0.1) is 0 Å². The third kappa shape index (κ3) is 3.22. The van der Waals surface area contributed by atoms with E-state index in [1.165, 1.54) is 19.1 Å². The number of halogens is 3. The summed E-state index contributed by atoms with van der Waals surface area (Å²) in [6, 6.07) is 12.1. The summed E-state index contributed by atoms with van der Waals surface area (Å²) in [5, 5.41) is 0. The van der Waals surface area contributed by atoms with E-state index in [1.54, 1.807) is 6.92 Å². The van der Waals surface area contributed by atoms with Gasteiger partial charge in [0.2, 0.25) is 5.89 Å². The maximum atomic E-state index is 12.8. The smallest absolute Gasteiger partial charge is 0.436 e. The summed E-state index contributed by atoms with van der Waals surface area (Å²) < 4.78 is 44.1. The van der Waals surface area contributed by atoms with Crippen molar-refractivity contribution in [2.75, 3.05) is 11.4 Å². The second-order valence-electron chi connectivity index (χ2n) is 5.54. The molecule has 0 saturated carbocycles. The van der Waals surface area contributed by atoms with Crippen LogP contribution in [0.15, 0.2) is 46.9 Å². The van der Waals surface area contributed by atoms with E-state index in [4.69, 9.17) is 4.42 Å². The number of anilines is 1. The lowest BCUT2D eigenvalue weighted by molar-refractivity contribution is -0.170. The van der Waals surface area contributed by atoms with Gasteiger partial charge < -0.3 is 9.32 Å². The molecule has 4 nitrogen and oxygen atoms in total. The molecule has 130 valence electrons. The fourth-order valence-corrected chi connectivity index (χ4v) is 2.64. The Bertz CT molecular complexity index is 917. The third-order valence-corrected chi connectivity index (χ3v) is 3.80. The van der Waals surface area contributed by atoms with E-state index in [0.717, 1.165) is 5.56 Å². The topological polar surface area (TPSA) is 46.3 Å². The first kappa shape index (κ1) is 17.0.